The first-order valence-corrected chi connectivity index (χ1v) is 9.58. The van der Waals surface area contributed by atoms with E-state index in [9.17, 15) is 13.2 Å². The number of halogens is 3. The van der Waals surface area contributed by atoms with Crippen LogP contribution in [0, 0.1) is 0 Å². The van der Waals surface area contributed by atoms with Gasteiger partial charge in [-0.3, -0.25) is 9.67 Å². The normalized spacial score (nSPS) is 11.9. The Hall–Kier alpha value is -3.63. The Kier molecular flexibility index (Phi) is 7.41. The standard InChI is InChI=1S/C20H23F3N8/c1-24-18(26-10-11-27-19-25-9-7-17(30-19)20(21,22)23)28-13-15-5-2-3-6-16(15)14-31-12-4-8-29-31/h2-9,12H,10-11,13-14H2,1H3,(H2,24,26,28)(H,25,27,30). The van der Waals surface area contributed by atoms with Crippen LogP contribution in [-0.4, -0.2) is 45.8 Å². The van der Waals surface area contributed by atoms with Gasteiger partial charge in [0.05, 0.1) is 6.54 Å². The lowest BCUT2D eigenvalue weighted by Crippen LogP contribution is -2.39. The number of hydrogen-bond acceptors (Lipinski definition) is 5. The molecule has 0 atom stereocenters. The molecule has 3 N–H and O–H groups in total. The average molecular weight is 432 g/mol. The van der Waals surface area contributed by atoms with E-state index in [1.807, 2.05) is 41.2 Å². The minimum absolute atomic E-state index is 0.0767. The number of anilines is 1. The number of aliphatic imine (C=N–C) groups is 1. The Morgan fingerprint density at radius 3 is 2.55 bits per heavy atom. The third kappa shape index (κ3) is 6.69. The number of nitrogens with one attached hydrogen (secondary N) is 3. The van der Waals surface area contributed by atoms with Crippen LogP contribution in [0.4, 0.5) is 19.1 Å². The summed E-state index contributed by atoms with van der Waals surface area (Å²) in [6, 6.07) is 10.7. The van der Waals surface area contributed by atoms with Gasteiger partial charge in [0.2, 0.25) is 5.95 Å². The first-order valence-electron chi connectivity index (χ1n) is 9.58. The van der Waals surface area contributed by atoms with Crippen LogP contribution in [0.5, 0.6) is 0 Å². The molecule has 3 aromatic rings. The van der Waals surface area contributed by atoms with Crippen LogP contribution in [0.3, 0.4) is 0 Å². The van der Waals surface area contributed by atoms with Crippen LogP contribution >= 0.6 is 0 Å². The summed E-state index contributed by atoms with van der Waals surface area (Å²) >= 11 is 0. The van der Waals surface area contributed by atoms with Crippen molar-refractivity contribution < 1.29 is 13.2 Å². The number of benzene rings is 1. The van der Waals surface area contributed by atoms with Crippen LogP contribution in [0.1, 0.15) is 16.8 Å². The summed E-state index contributed by atoms with van der Waals surface area (Å²) in [4.78, 5) is 11.4. The Bertz CT molecular complexity index is 986. The predicted molar refractivity (Wildman–Crippen MR) is 111 cm³/mol. The summed E-state index contributed by atoms with van der Waals surface area (Å²) in [5.41, 5.74) is 1.26. The minimum Gasteiger partial charge on any atom is -0.355 e. The topological polar surface area (TPSA) is 92.0 Å². The predicted octanol–water partition coefficient (Wildman–Crippen LogP) is 2.52. The fourth-order valence-corrected chi connectivity index (χ4v) is 2.81. The number of hydrogen-bond donors (Lipinski definition) is 3. The van der Waals surface area contributed by atoms with Crippen molar-refractivity contribution in [2.45, 2.75) is 19.3 Å². The molecule has 2 heterocycles. The Morgan fingerprint density at radius 1 is 1.03 bits per heavy atom. The highest BCUT2D eigenvalue weighted by atomic mass is 19.4. The maximum Gasteiger partial charge on any atom is 0.433 e. The second-order valence-corrected chi connectivity index (χ2v) is 6.51. The first-order chi connectivity index (χ1) is 15.0. The van der Waals surface area contributed by atoms with E-state index < -0.39 is 11.9 Å². The second kappa shape index (κ2) is 10.4. The monoisotopic (exact) mass is 432 g/mol. The Balaban J connectivity index is 1.47. The van der Waals surface area contributed by atoms with E-state index in [2.05, 4.69) is 36.0 Å². The highest BCUT2D eigenvalue weighted by Crippen LogP contribution is 2.27. The highest BCUT2D eigenvalue weighted by Gasteiger charge is 2.32. The third-order valence-electron chi connectivity index (χ3n) is 4.33. The SMILES string of the molecule is CN=C(NCCNc1nccc(C(F)(F)F)n1)NCc1ccccc1Cn1cccn1. The number of alkyl halides is 3. The van der Waals surface area contributed by atoms with Gasteiger partial charge in [-0.15, -0.1) is 0 Å². The van der Waals surface area contributed by atoms with Crippen molar-refractivity contribution >= 4 is 11.9 Å². The molecule has 0 fully saturated rings. The van der Waals surface area contributed by atoms with Crippen molar-refractivity contribution in [3.8, 4) is 0 Å². The van der Waals surface area contributed by atoms with Gasteiger partial charge in [0.15, 0.2) is 5.96 Å². The Morgan fingerprint density at radius 2 is 1.84 bits per heavy atom. The average Bonchev–Trinajstić information content (AvgIpc) is 3.27. The van der Waals surface area contributed by atoms with Gasteiger partial charge in [-0.1, -0.05) is 24.3 Å². The fraction of sp³-hybridized carbons (Fsp3) is 0.300. The zero-order chi connectivity index (χ0) is 22.1. The zero-order valence-corrected chi connectivity index (χ0v) is 16.9. The lowest BCUT2D eigenvalue weighted by molar-refractivity contribution is -0.141. The molecule has 0 amide bonds. The van der Waals surface area contributed by atoms with Crippen molar-refractivity contribution in [2.24, 2.45) is 4.99 Å². The molecule has 0 bridgehead atoms. The Labute approximate surface area is 177 Å². The summed E-state index contributed by atoms with van der Waals surface area (Å²) < 4.78 is 40.0. The molecule has 0 unspecified atom stereocenters. The number of nitrogens with zero attached hydrogens (tertiary/aromatic N) is 5. The molecule has 0 spiro atoms. The summed E-state index contributed by atoms with van der Waals surface area (Å²) in [6.45, 7) is 1.95. The molecule has 3 rings (SSSR count). The molecule has 164 valence electrons. The molecular formula is C20H23F3N8. The summed E-state index contributed by atoms with van der Waals surface area (Å²) in [5.74, 6) is 0.493. The van der Waals surface area contributed by atoms with Gasteiger partial charge >= 0.3 is 6.18 Å². The molecule has 2 aromatic heterocycles. The molecule has 11 heteroatoms. The lowest BCUT2D eigenvalue weighted by atomic mass is 10.1. The van der Waals surface area contributed by atoms with Crippen LogP contribution in [0.2, 0.25) is 0 Å². The van der Waals surface area contributed by atoms with Gasteiger partial charge in [0.1, 0.15) is 5.69 Å². The molecule has 0 aliphatic rings. The summed E-state index contributed by atoms with van der Waals surface area (Å²) in [5, 5.41) is 13.3. The second-order valence-electron chi connectivity index (χ2n) is 6.51. The van der Waals surface area contributed by atoms with Crippen LogP contribution < -0.4 is 16.0 Å². The quantitative estimate of drug-likeness (QED) is 0.288. The maximum atomic E-state index is 12.7. The van der Waals surface area contributed by atoms with Crippen molar-refractivity contribution in [1.29, 1.82) is 0 Å². The van der Waals surface area contributed by atoms with E-state index in [-0.39, 0.29) is 5.95 Å². The van der Waals surface area contributed by atoms with E-state index in [1.54, 1.807) is 13.2 Å². The molecule has 1 aromatic carbocycles. The number of guanidine groups is 1. The molecule has 8 nitrogen and oxygen atoms in total. The van der Waals surface area contributed by atoms with Gasteiger partial charge in [-0.2, -0.15) is 18.3 Å². The van der Waals surface area contributed by atoms with Crippen molar-refractivity contribution in [3.05, 3.63) is 71.8 Å². The van der Waals surface area contributed by atoms with Crippen molar-refractivity contribution in [1.82, 2.24) is 30.4 Å². The summed E-state index contributed by atoms with van der Waals surface area (Å²) in [6.07, 6.45) is 0.223. The van der Waals surface area contributed by atoms with E-state index in [1.165, 1.54) is 0 Å². The van der Waals surface area contributed by atoms with Crippen LogP contribution in [-0.2, 0) is 19.3 Å². The van der Waals surface area contributed by atoms with Crippen LogP contribution in [0.15, 0.2) is 60.0 Å². The van der Waals surface area contributed by atoms with Gasteiger partial charge in [-0.25, -0.2) is 9.97 Å². The molecule has 31 heavy (non-hydrogen) atoms. The molecule has 0 saturated heterocycles. The van der Waals surface area contributed by atoms with Crippen molar-refractivity contribution in [3.63, 3.8) is 0 Å². The van der Waals surface area contributed by atoms with Gasteiger partial charge in [0.25, 0.3) is 0 Å². The summed E-state index contributed by atoms with van der Waals surface area (Å²) in [7, 11) is 1.65. The third-order valence-corrected chi connectivity index (χ3v) is 4.33. The van der Waals surface area contributed by atoms with Crippen molar-refractivity contribution in [2.75, 3.05) is 25.5 Å². The zero-order valence-electron chi connectivity index (χ0n) is 16.9. The first kappa shape index (κ1) is 22.1. The smallest absolute Gasteiger partial charge is 0.355 e. The molecular weight excluding hydrogens is 409 g/mol. The van der Waals surface area contributed by atoms with E-state index in [0.29, 0.717) is 32.1 Å². The fourth-order valence-electron chi connectivity index (χ4n) is 2.81. The lowest BCUT2D eigenvalue weighted by Gasteiger charge is -2.15. The van der Waals surface area contributed by atoms with Crippen LogP contribution in [0.25, 0.3) is 0 Å². The number of rotatable bonds is 8. The van der Waals surface area contributed by atoms with Gasteiger partial charge < -0.3 is 16.0 Å². The molecule has 0 aliphatic heterocycles. The largest absolute Gasteiger partial charge is 0.433 e. The maximum absolute atomic E-state index is 12.7. The van der Waals surface area contributed by atoms with Gasteiger partial charge in [0, 0.05) is 45.3 Å². The number of aromatic nitrogens is 4. The highest BCUT2D eigenvalue weighted by molar-refractivity contribution is 5.79. The van der Waals surface area contributed by atoms with E-state index >= 15 is 0 Å². The van der Waals surface area contributed by atoms with Gasteiger partial charge in [-0.05, 0) is 23.3 Å². The molecule has 0 saturated carbocycles. The molecule has 0 aliphatic carbocycles. The van der Waals surface area contributed by atoms with E-state index in [0.717, 1.165) is 23.4 Å². The van der Waals surface area contributed by atoms with E-state index in [4.69, 9.17) is 0 Å². The minimum atomic E-state index is -4.50. The molecule has 0 radical (unpaired) electrons.